The monoisotopic (exact) mass is 430 g/mol. The number of amides is 1. The van der Waals surface area contributed by atoms with Crippen molar-refractivity contribution in [1.29, 1.82) is 0 Å². The van der Waals surface area contributed by atoms with E-state index in [-0.39, 0.29) is 11.9 Å². The quantitative estimate of drug-likeness (QED) is 0.797. The maximum atomic E-state index is 12.9. The lowest BCUT2D eigenvalue weighted by Gasteiger charge is -2.36. The van der Waals surface area contributed by atoms with E-state index < -0.39 is 12.1 Å². The number of aliphatic carboxylic acids is 1. The highest BCUT2D eigenvalue weighted by Crippen LogP contribution is 2.25. The summed E-state index contributed by atoms with van der Waals surface area (Å²) in [7, 11) is 0. The molecule has 1 saturated heterocycles. The molecule has 2 aliphatic heterocycles. The molecule has 2 aromatic rings. The number of carbonyl (C=O) groups excluding carboxylic acids is 1. The van der Waals surface area contributed by atoms with Gasteiger partial charge < -0.3 is 9.52 Å². The van der Waals surface area contributed by atoms with Gasteiger partial charge in [-0.1, -0.05) is 0 Å². The fourth-order valence-electron chi connectivity index (χ4n) is 3.23. The minimum absolute atomic E-state index is 0.0150. The molecular weight excluding hydrogens is 409 g/mol. The standard InChI is InChI=1S/C16H20N4O3.C2HF3O2/c21-16(19-7-1-2-9-23-19)15-12-18(11-14-4-3-8-22-14)10-13-5-6-17-20(13)15;3-2(4,5)1(6)7/h3-6,8,15H,1-2,7,9-12H2;(H,6,7). The van der Waals surface area contributed by atoms with Crippen molar-refractivity contribution in [3.63, 3.8) is 0 Å². The molecule has 4 rings (SSSR count). The Kier molecular flexibility index (Phi) is 6.77. The highest BCUT2D eigenvalue weighted by Gasteiger charge is 2.38. The van der Waals surface area contributed by atoms with Gasteiger partial charge in [0.25, 0.3) is 5.91 Å². The average molecular weight is 430 g/mol. The fraction of sp³-hybridized carbons (Fsp3) is 0.500. The molecule has 1 unspecified atom stereocenters. The summed E-state index contributed by atoms with van der Waals surface area (Å²) >= 11 is 0. The van der Waals surface area contributed by atoms with Crippen LogP contribution in [0.2, 0.25) is 0 Å². The average Bonchev–Trinajstić information content (AvgIpc) is 3.39. The normalized spacial score (nSPS) is 19.6. The number of nitrogens with zero attached hydrogens (tertiary/aromatic N) is 4. The number of carboxylic acids is 1. The van der Waals surface area contributed by atoms with E-state index in [1.807, 2.05) is 22.9 Å². The van der Waals surface area contributed by atoms with Crippen LogP contribution >= 0.6 is 0 Å². The van der Waals surface area contributed by atoms with Gasteiger partial charge >= 0.3 is 12.1 Å². The van der Waals surface area contributed by atoms with Crippen molar-refractivity contribution in [2.24, 2.45) is 0 Å². The van der Waals surface area contributed by atoms with Crippen LogP contribution in [0.5, 0.6) is 0 Å². The Morgan fingerprint density at radius 2 is 2.03 bits per heavy atom. The number of carboxylic acid groups (broad SMARTS) is 1. The zero-order chi connectivity index (χ0) is 21.7. The van der Waals surface area contributed by atoms with Gasteiger partial charge in [0.15, 0.2) is 0 Å². The van der Waals surface area contributed by atoms with E-state index in [1.165, 1.54) is 5.06 Å². The largest absolute Gasteiger partial charge is 0.490 e. The maximum absolute atomic E-state index is 12.9. The first kappa shape index (κ1) is 21.8. The minimum Gasteiger partial charge on any atom is -0.475 e. The summed E-state index contributed by atoms with van der Waals surface area (Å²) < 4.78 is 39.0. The van der Waals surface area contributed by atoms with Crippen LogP contribution in [-0.2, 0) is 27.5 Å². The second kappa shape index (κ2) is 9.30. The summed E-state index contributed by atoms with van der Waals surface area (Å²) in [5.74, 6) is -1.87. The molecule has 164 valence electrons. The summed E-state index contributed by atoms with van der Waals surface area (Å²) in [5.41, 5.74) is 1.04. The molecule has 4 heterocycles. The second-order valence-corrected chi connectivity index (χ2v) is 6.82. The number of aromatic nitrogens is 2. The molecule has 0 aliphatic carbocycles. The van der Waals surface area contributed by atoms with E-state index in [0.717, 1.165) is 30.8 Å². The third kappa shape index (κ3) is 5.39. The number of rotatable bonds is 3. The molecule has 1 amide bonds. The summed E-state index contributed by atoms with van der Waals surface area (Å²) in [4.78, 5) is 29.5. The van der Waals surface area contributed by atoms with Gasteiger partial charge in [0, 0.05) is 25.8 Å². The smallest absolute Gasteiger partial charge is 0.475 e. The van der Waals surface area contributed by atoms with Crippen LogP contribution in [0.1, 0.15) is 30.3 Å². The van der Waals surface area contributed by atoms with Gasteiger partial charge in [-0.2, -0.15) is 18.3 Å². The Hall–Kier alpha value is -2.86. The van der Waals surface area contributed by atoms with E-state index in [2.05, 4.69) is 10.00 Å². The molecule has 0 radical (unpaired) electrons. The molecule has 0 aromatic carbocycles. The Labute approximate surface area is 169 Å². The van der Waals surface area contributed by atoms with Crippen LogP contribution in [0.15, 0.2) is 35.1 Å². The summed E-state index contributed by atoms with van der Waals surface area (Å²) in [6.45, 7) is 3.31. The minimum atomic E-state index is -5.08. The predicted molar refractivity (Wildman–Crippen MR) is 94.7 cm³/mol. The zero-order valence-electron chi connectivity index (χ0n) is 15.9. The molecule has 9 nitrogen and oxygen atoms in total. The Morgan fingerprint density at radius 3 is 2.63 bits per heavy atom. The van der Waals surface area contributed by atoms with Crippen molar-refractivity contribution >= 4 is 11.9 Å². The number of carbonyl (C=O) groups is 2. The fourth-order valence-corrected chi connectivity index (χ4v) is 3.23. The van der Waals surface area contributed by atoms with Crippen LogP contribution in [-0.4, -0.2) is 62.6 Å². The first-order valence-electron chi connectivity index (χ1n) is 9.27. The van der Waals surface area contributed by atoms with Crippen molar-refractivity contribution in [3.05, 3.63) is 42.1 Å². The first-order valence-corrected chi connectivity index (χ1v) is 9.27. The number of alkyl halides is 3. The van der Waals surface area contributed by atoms with Gasteiger partial charge in [0.2, 0.25) is 0 Å². The molecular formula is C18H21F3N4O5. The topological polar surface area (TPSA) is 101 Å². The van der Waals surface area contributed by atoms with E-state index in [9.17, 15) is 18.0 Å². The van der Waals surface area contributed by atoms with Crippen molar-refractivity contribution in [2.75, 3.05) is 19.7 Å². The number of hydroxylamine groups is 2. The SMILES string of the molecule is O=C(C1CN(Cc2ccco2)Cc2ccnn21)N1CCCCO1.O=C(O)C(F)(F)F. The highest BCUT2D eigenvalue weighted by atomic mass is 19.4. The van der Waals surface area contributed by atoms with Crippen LogP contribution in [0.4, 0.5) is 13.2 Å². The van der Waals surface area contributed by atoms with E-state index in [1.54, 1.807) is 12.5 Å². The maximum Gasteiger partial charge on any atom is 0.490 e. The Bertz CT molecular complexity index is 846. The van der Waals surface area contributed by atoms with Crippen LogP contribution in [0.3, 0.4) is 0 Å². The Balaban J connectivity index is 0.000000318. The van der Waals surface area contributed by atoms with Crippen molar-refractivity contribution in [1.82, 2.24) is 19.7 Å². The molecule has 1 atom stereocenters. The van der Waals surface area contributed by atoms with Crippen LogP contribution in [0.25, 0.3) is 0 Å². The van der Waals surface area contributed by atoms with Crippen LogP contribution < -0.4 is 0 Å². The van der Waals surface area contributed by atoms with Gasteiger partial charge in [-0.05, 0) is 31.0 Å². The predicted octanol–water partition coefficient (Wildman–Crippen LogP) is 2.22. The van der Waals surface area contributed by atoms with Gasteiger partial charge in [0.1, 0.15) is 11.8 Å². The van der Waals surface area contributed by atoms with Crippen molar-refractivity contribution < 1.29 is 37.1 Å². The number of furan rings is 1. The van der Waals surface area contributed by atoms with Gasteiger partial charge in [-0.3, -0.25) is 19.2 Å². The van der Waals surface area contributed by atoms with Gasteiger partial charge in [-0.25, -0.2) is 9.86 Å². The zero-order valence-corrected chi connectivity index (χ0v) is 15.9. The van der Waals surface area contributed by atoms with Crippen molar-refractivity contribution in [3.8, 4) is 0 Å². The summed E-state index contributed by atoms with van der Waals surface area (Å²) in [6.07, 6.45) is 0.337. The van der Waals surface area contributed by atoms with Crippen LogP contribution in [0, 0.1) is 0 Å². The number of hydrogen-bond acceptors (Lipinski definition) is 6. The molecule has 30 heavy (non-hydrogen) atoms. The molecule has 0 saturated carbocycles. The third-order valence-electron chi connectivity index (χ3n) is 4.60. The lowest BCUT2D eigenvalue weighted by Crippen LogP contribution is -2.47. The summed E-state index contributed by atoms with van der Waals surface area (Å²) in [6, 6.07) is 5.46. The first-order chi connectivity index (χ1) is 14.3. The molecule has 12 heteroatoms. The molecule has 2 aromatic heterocycles. The van der Waals surface area contributed by atoms with E-state index in [4.69, 9.17) is 19.2 Å². The number of hydrogen-bond donors (Lipinski definition) is 1. The Morgan fingerprint density at radius 1 is 1.27 bits per heavy atom. The lowest BCUT2D eigenvalue weighted by molar-refractivity contribution is -0.201. The molecule has 1 fully saturated rings. The van der Waals surface area contributed by atoms with E-state index in [0.29, 0.717) is 26.2 Å². The summed E-state index contributed by atoms with van der Waals surface area (Å²) in [5, 5.41) is 13.0. The third-order valence-corrected chi connectivity index (χ3v) is 4.60. The number of halogens is 3. The molecule has 1 N–H and O–H groups in total. The van der Waals surface area contributed by atoms with Gasteiger partial charge in [-0.15, -0.1) is 0 Å². The second-order valence-electron chi connectivity index (χ2n) is 6.82. The number of fused-ring (bicyclic) bond motifs is 1. The lowest BCUT2D eigenvalue weighted by atomic mass is 10.1. The van der Waals surface area contributed by atoms with E-state index >= 15 is 0 Å². The molecule has 2 aliphatic rings. The molecule has 0 spiro atoms. The molecule has 0 bridgehead atoms. The van der Waals surface area contributed by atoms with Crippen molar-refractivity contribution in [2.45, 2.75) is 38.1 Å². The van der Waals surface area contributed by atoms with Gasteiger partial charge in [0.05, 0.1) is 25.1 Å². The highest BCUT2D eigenvalue weighted by molar-refractivity contribution is 5.80.